The van der Waals surface area contributed by atoms with Gasteiger partial charge in [-0.05, 0) is 86.7 Å². The van der Waals surface area contributed by atoms with Crippen molar-refractivity contribution in [1.82, 2.24) is 9.80 Å². The lowest BCUT2D eigenvalue weighted by Gasteiger charge is -2.46. The van der Waals surface area contributed by atoms with E-state index >= 15 is 0 Å². The smallest absolute Gasteiger partial charge is 0.262 e. The van der Waals surface area contributed by atoms with E-state index in [2.05, 4.69) is 43.3 Å². The molecule has 32 heavy (non-hydrogen) atoms. The van der Waals surface area contributed by atoms with Crippen molar-refractivity contribution in [3.05, 3.63) is 59.2 Å². The van der Waals surface area contributed by atoms with Gasteiger partial charge in [0, 0.05) is 18.5 Å². The first kappa shape index (κ1) is 20.7. The molecular weight excluding hydrogens is 398 g/mol. The van der Waals surface area contributed by atoms with Crippen LogP contribution in [0.3, 0.4) is 0 Å². The van der Waals surface area contributed by atoms with Crippen LogP contribution in [0.5, 0.6) is 0 Å². The molecule has 1 atom stereocenters. The van der Waals surface area contributed by atoms with E-state index in [0.29, 0.717) is 17.6 Å². The van der Waals surface area contributed by atoms with Crippen molar-refractivity contribution in [2.45, 2.75) is 43.7 Å². The zero-order chi connectivity index (χ0) is 22.7. The van der Waals surface area contributed by atoms with Crippen molar-refractivity contribution < 1.29 is 4.79 Å². The summed E-state index contributed by atoms with van der Waals surface area (Å²) < 4.78 is 0. The molecule has 0 aromatic heterocycles. The van der Waals surface area contributed by atoms with E-state index < -0.39 is 5.54 Å². The molecule has 1 heterocycles. The highest BCUT2D eigenvalue weighted by molar-refractivity contribution is 6.08. The number of nitrogens with zero attached hydrogens (tertiary/aromatic N) is 4. The summed E-state index contributed by atoms with van der Waals surface area (Å²) in [6.07, 6.45) is 4.83. The number of carbonyl (C=O) groups excluding carboxylic acids is 1. The van der Waals surface area contributed by atoms with E-state index in [1.165, 1.54) is 10.5 Å². The number of fused-ring (bicyclic) bond motifs is 3. The van der Waals surface area contributed by atoms with Crippen LogP contribution >= 0.6 is 0 Å². The minimum absolute atomic E-state index is 0.0139. The second-order valence-corrected chi connectivity index (χ2v) is 9.76. The molecule has 3 aliphatic rings. The lowest BCUT2D eigenvalue weighted by Crippen LogP contribution is -2.52. The molecule has 1 aliphatic heterocycles. The Balaban J connectivity index is 1.65. The van der Waals surface area contributed by atoms with Crippen LogP contribution in [0.4, 0.5) is 0 Å². The van der Waals surface area contributed by atoms with Gasteiger partial charge < -0.3 is 10.6 Å². The van der Waals surface area contributed by atoms with E-state index in [0.717, 1.165) is 48.8 Å². The number of aliphatic imine (C=N–C) groups is 1. The first-order valence-corrected chi connectivity index (χ1v) is 11.3. The Hall–Kier alpha value is -3.17. The minimum atomic E-state index is -0.957. The highest BCUT2D eigenvalue weighted by Crippen LogP contribution is 2.62. The second-order valence-electron chi connectivity index (χ2n) is 9.76. The number of likely N-dealkylation sites (N-methyl/N-ethyl adjacent to an activating group) is 1. The molecule has 0 saturated heterocycles. The molecule has 5 rings (SSSR count). The SMILES string of the molecule is CN1C(=O)C2(N=C1N)c1cc(-c3cccc(C#N)c3)ccc1C[C@]21CC[C@@H](N(C)C)CC1. The average molecular weight is 428 g/mol. The van der Waals surface area contributed by atoms with E-state index in [9.17, 15) is 10.1 Å². The number of nitrogens with two attached hydrogens (primary N) is 1. The van der Waals surface area contributed by atoms with Gasteiger partial charge in [-0.25, -0.2) is 4.99 Å². The molecule has 1 amide bonds. The molecule has 1 unspecified atom stereocenters. The summed E-state index contributed by atoms with van der Waals surface area (Å²) in [5.74, 6) is 0.286. The van der Waals surface area contributed by atoms with Crippen LogP contribution in [0, 0.1) is 16.7 Å². The maximum Gasteiger partial charge on any atom is 0.262 e. The topological polar surface area (TPSA) is 85.7 Å². The number of carbonyl (C=O) groups is 1. The Morgan fingerprint density at radius 1 is 1.16 bits per heavy atom. The number of hydrogen-bond acceptors (Lipinski definition) is 5. The molecule has 2 aromatic rings. The van der Waals surface area contributed by atoms with Gasteiger partial charge in [0.1, 0.15) is 0 Å². The van der Waals surface area contributed by atoms with Crippen molar-refractivity contribution in [3.63, 3.8) is 0 Å². The Labute approximate surface area is 189 Å². The first-order chi connectivity index (χ1) is 15.3. The van der Waals surface area contributed by atoms with Crippen LogP contribution in [0.15, 0.2) is 47.5 Å². The summed E-state index contributed by atoms with van der Waals surface area (Å²) >= 11 is 0. The Morgan fingerprint density at radius 3 is 2.50 bits per heavy atom. The summed E-state index contributed by atoms with van der Waals surface area (Å²) in [4.78, 5) is 22.6. The average Bonchev–Trinajstić information content (AvgIpc) is 3.20. The van der Waals surface area contributed by atoms with Gasteiger partial charge in [0.2, 0.25) is 0 Å². The molecule has 6 heteroatoms. The predicted octanol–water partition coefficient (Wildman–Crippen LogP) is 3.25. The van der Waals surface area contributed by atoms with Crippen LogP contribution in [0.25, 0.3) is 11.1 Å². The molecule has 0 radical (unpaired) electrons. The summed E-state index contributed by atoms with van der Waals surface area (Å²) in [7, 11) is 6.00. The largest absolute Gasteiger partial charge is 0.369 e. The number of hydrogen-bond donors (Lipinski definition) is 1. The Morgan fingerprint density at radius 2 is 1.88 bits per heavy atom. The maximum absolute atomic E-state index is 13.8. The lowest BCUT2D eigenvalue weighted by molar-refractivity contribution is -0.136. The normalized spacial score (nSPS) is 29.0. The third-order valence-electron chi connectivity index (χ3n) is 8.00. The van der Waals surface area contributed by atoms with Crippen LogP contribution in [-0.2, 0) is 16.8 Å². The molecule has 2 aromatic carbocycles. The molecule has 1 fully saturated rings. The van der Waals surface area contributed by atoms with Gasteiger partial charge in [-0.2, -0.15) is 5.26 Å². The Bertz CT molecular complexity index is 1170. The summed E-state index contributed by atoms with van der Waals surface area (Å²) in [5.41, 5.74) is 9.79. The van der Waals surface area contributed by atoms with Crippen LogP contribution in [0.1, 0.15) is 42.4 Å². The highest BCUT2D eigenvalue weighted by atomic mass is 16.2. The number of rotatable bonds is 2. The third-order valence-corrected chi connectivity index (χ3v) is 8.00. The maximum atomic E-state index is 13.8. The number of amides is 1. The molecule has 164 valence electrons. The fourth-order valence-corrected chi connectivity index (χ4v) is 6.17. The van der Waals surface area contributed by atoms with Crippen LogP contribution in [0.2, 0.25) is 0 Å². The highest BCUT2D eigenvalue weighted by Gasteiger charge is 2.66. The van der Waals surface area contributed by atoms with Crippen molar-refractivity contribution in [3.8, 4) is 17.2 Å². The fourth-order valence-electron chi connectivity index (χ4n) is 6.17. The van der Waals surface area contributed by atoms with Gasteiger partial charge >= 0.3 is 0 Å². The molecule has 1 saturated carbocycles. The van der Waals surface area contributed by atoms with E-state index in [-0.39, 0.29) is 11.3 Å². The summed E-state index contributed by atoms with van der Waals surface area (Å²) in [6, 6.07) is 16.7. The molecule has 2 N–H and O–H groups in total. The van der Waals surface area contributed by atoms with Gasteiger partial charge in [0.25, 0.3) is 5.91 Å². The molecule has 6 nitrogen and oxygen atoms in total. The van der Waals surface area contributed by atoms with Gasteiger partial charge in [-0.15, -0.1) is 0 Å². The second kappa shape index (κ2) is 7.18. The standard InChI is InChI=1S/C26H29N5O/c1-30(2)21-9-11-25(12-10-21)15-20-8-7-19(18-6-4-5-17(13-18)16-27)14-22(20)26(25)23(32)31(3)24(28)29-26/h4-8,13-14,21H,9-12,15H2,1-3H3,(H2,28,29)/t21-,25-,26?. The molecule has 2 aliphatic carbocycles. The van der Waals surface area contributed by atoms with E-state index in [1.807, 2.05) is 18.2 Å². The quantitative estimate of drug-likeness (QED) is 0.797. The van der Waals surface area contributed by atoms with Gasteiger partial charge in [0.05, 0.1) is 11.6 Å². The van der Waals surface area contributed by atoms with Crippen LogP contribution in [-0.4, -0.2) is 48.9 Å². The van der Waals surface area contributed by atoms with Crippen molar-refractivity contribution in [1.29, 1.82) is 5.26 Å². The number of benzene rings is 2. The van der Waals surface area contributed by atoms with Gasteiger partial charge in [-0.1, -0.05) is 24.3 Å². The zero-order valence-electron chi connectivity index (χ0n) is 18.9. The first-order valence-electron chi connectivity index (χ1n) is 11.3. The minimum Gasteiger partial charge on any atom is -0.369 e. The van der Waals surface area contributed by atoms with Crippen molar-refractivity contribution in [2.75, 3.05) is 21.1 Å². The van der Waals surface area contributed by atoms with Crippen LogP contribution < -0.4 is 5.73 Å². The Kier molecular flexibility index (Phi) is 4.65. The lowest BCUT2D eigenvalue weighted by atomic mass is 9.61. The zero-order valence-corrected chi connectivity index (χ0v) is 18.9. The van der Waals surface area contributed by atoms with Crippen molar-refractivity contribution in [2.24, 2.45) is 16.1 Å². The van der Waals surface area contributed by atoms with Gasteiger partial charge in [0.15, 0.2) is 11.5 Å². The van der Waals surface area contributed by atoms with E-state index in [4.69, 9.17) is 10.7 Å². The van der Waals surface area contributed by atoms with Crippen molar-refractivity contribution >= 4 is 11.9 Å². The molecular formula is C26H29N5O. The molecule has 2 spiro atoms. The number of guanidine groups is 1. The van der Waals surface area contributed by atoms with Gasteiger partial charge in [-0.3, -0.25) is 9.69 Å². The summed E-state index contributed by atoms with van der Waals surface area (Å²) in [6.45, 7) is 0. The fraction of sp³-hybridized carbons (Fsp3) is 0.423. The third kappa shape index (κ3) is 2.74. The molecule has 0 bridgehead atoms. The van der Waals surface area contributed by atoms with E-state index in [1.54, 1.807) is 13.1 Å². The number of nitriles is 1. The summed E-state index contributed by atoms with van der Waals surface area (Å²) in [5, 5.41) is 9.32. The predicted molar refractivity (Wildman–Crippen MR) is 125 cm³/mol. The monoisotopic (exact) mass is 427 g/mol.